The van der Waals surface area contributed by atoms with Crippen molar-refractivity contribution in [1.82, 2.24) is 15.4 Å². The van der Waals surface area contributed by atoms with E-state index >= 15 is 0 Å². The summed E-state index contributed by atoms with van der Waals surface area (Å²) in [5.74, 6) is -0.0861. The summed E-state index contributed by atoms with van der Waals surface area (Å²) in [6, 6.07) is 5.05. The lowest BCUT2D eigenvalue weighted by atomic mass is 10.1. The molecule has 2 heterocycles. The van der Waals surface area contributed by atoms with Crippen LogP contribution in [0.3, 0.4) is 0 Å². The molecule has 0 unspecified atom stereocenters. The first-order valence-electron chi connectivity index (χ1n) is 8.65. The molecule has 0 atom stereocenters. The number of benzene rings is 1. The van der Waals surface area contributed by atoms with E-state index in [0.29, 0.717) is 27.1 Å². The molecule has 0 spiro atoms. The van der Waals surface area contributed by atoms with E-state index < -0.39 is 11.1 Å². The maximum Gasteiger partial charge on any atom is 0.293 e. The maximum absolute atomic E-state index is 12.5. The average molecular weight is 454 g/mol. The Balaban J connectivity index is 1.58. The first-order chi connectivity index (χ1) is 13.8. The van der Waals surface area contributed by atoms with Crippen LogP contribution in [0.5, 0.6) is 0 Å². The lowest BCUT2D eigenvalue weighted by molar-refractivity contribution is -0.124. The fourth-order valence-corrected chi connectivity index (χ4v) is 3.97. The van der Waals surface area contributed by atoms with E-state index in [4.69, 9.17) is 27.7 Å². The molecule has 10 heteroatoms. The highest BCUT2D eigenvalue weighted by molar-refractivity contribution is 8.18. The summed E-state index contributed by atoms with van der Waals surface area (Å²) in [6.45, 7) is 3.71. The van der Waals surface area contributed by atoms with E-state index in [1.807, 2.05) is 0 Å². The number of thioether (sulfide) groups is 1. The van der Waals surface area contributed by atoms with Gasteiger partial charge in [0, 0.05) is 18.7 Å². The predicted molar refractivity (Wildman–Crippen MR) is 112 cm³/mol. The molecule has 2 aromatic rings. The Morgan fingerprint density at radius 2 is 2.07 bits per heavy atom. The highest BCUT2D eigenvalue weighted by Crippen LogP contribution is 2.34. The van der Waals surface area contributed by atoms with Crippen molar-refractivity contribution in [2.24, 2.45) is 0 Å². The molecular formula is C19H17Cl2N3O4S. The van der Waals surface area contributed by atoms with Crippen LogP contribution in [0.25, 0.3) is 6.08 Å². The zero-order chi connectivity index (χ0) is 21.1. The van der Waals surface area contributed by atoms with Gasteiger partial charge < -0.3 is 9.84 Å². The van der Waals surface area contributed by atoms with E-state index in [9.17, 15) is 14.4 Å². The van der Waals surface area contributed by atoms with Crippen molar-refractivity contribution >= 4 is 58.1 Å². The van der Waals surface area contributed by atoms with Crippen molar-refractivity contribution in [1.29, 1.82) is 0 Å². The summed E-state index contributed by atoms with van der Waals surface area (Å²) in [7, 11) is 0. The number of carbonyl (C=O) groups excluding carboxylic acids is 3. The zero-order valence-corrected chi connectivity index (χ0v) is 18.0. The Morgan fingerprint density at radius 1 is 1.31 bits per heavy atom. The number of hydrogen-bond acceptors (Lipinski definition) is 6. The minimum absolute atomic E-state index is 0.0681. The lowest BCUT2D eigenvalue weighted by Crippen LogP contribution is -2.37. The molecule has 3 amide bonds. The number of rotatable bonds is 6. The molecule has 0 bridgehead atoms. The molecule has 1 fully saturated rings. The number of aromatic nitrogens is 1. The second-order valence-corrected chi connectivity index (χ2v) is 8.08. The van der Waals surface area contributed by atoms with Crippen LogP contribution in [0.15, 0.2) is 27.6 Å². The SMILES string of the molecule is Cc1noc(C)c1CC(=O)NCCN1C(=O)S/C(=C\c2cccc(Cl)c2Cl)C1=O. The standard InChI is InChI=1S/C19H17Cl2N3O4S/c1-10-13(11(2)28-23-10)9-16(25)22-6-7-24-18(26)15(29-19(24)27)8-12-4-3-5-14(20)17(12)21/h3-5,8H,6-7,9H2,1-2H3,(H,22,25)/b15-8-. The van der Waals surface area contributed by atoms with Gasteiger partial charge in [-0.2, -0.15) is 0 Å². The molecule has 1 aromatic heterocycles. The Kier molecular flexibility index (Phi) is 6.66. The normalized spacial score (nSPS) is 15.4. The summed E-state index contributed by atoms with van der Waals surface area (Å²) >= 11 is 12.9. The number of imide groups is 1. The van der Waals surface area contributed by atoms with Gasteiger partial charge in [0.15, 0.2) is 0 Å². The van der Waals surface area contributed by atoms with E-state index in [-0.39, 0.29) is 30.3 Å². The monoisotopic (exact) mass is 453 g/mol. The molecule has 0 saturated carbocycles. The third-order valence-corrected chi connectivity index (χ3v) is 6.06. The Labute approximate surface area is 181 Å². The van der Waals surface area contributed by atoms with Crippen LogP contribution >= 0.6 is 35.0 Å². The van der Waals surface area contributed by atoms with Crippen molar-refractivity contribution in [3.63, 3.8) is 0 Å². The molecule has 1 aliphatic heterocycles. The molecule has 0 aliphatic carbocycles. The van der Waals surface area contributed by atoms with E-state index in [1.165, 1.54) is 6.08 Å². The predicted octanol–water partition coefficient (Wildman–Crippen LogP) is 3.99. The van der Waals surface area contributed by atoms with Gasteiger partial charge in [0.1, 0.15) is 5.76 Å². The molecule has 1 saturated heterocycles. The summed E-state index contributed by atoms with van der Waals surface area (Å²) in [6.07, 6.45) is 1.66. The summed E-state index contributed by atoms with van der Waals surface area (Å²) in [5.41, 5.74) is 1.95. The summed E-state index contributed by atoms with van der Waals surface area (Å²) < 4.78 is 5.03. The van der Waals surface area contributed by atoms with Gasteiger partial charge in [0.25, 0.3) is 11.1 Å². The van der Waals surface area contributed by atoms with Crippen molar-refractivity contribution in [3.8, 4) is 0 Å². The minimum Gasteiger partial charge on any atom is -0.361 e. The quantitative estimate of drug-likeness (QED) is 0.664. The molecule has 3 rings (SSSR count). The number of aryl methyl sites for hydroxylation is 2. The number of halogens is 2. The van der Waals surface area contributed by atoms with Crippen molar-refractivity contribution in [2.45, 2.75) is 20.3 Å². The molecule has 152 valence electrons. The van der Waals surface area contributed by atoms with Crippen molar-refractivity contribution < 1.29 is 18.9 Å². The van der Waals surface area contributed by atoms with Crippen molar-refractivity contribution in [3.05, 3.63) is 55.7 Å². The van der Waals surface area contributed by atoms with Crippen LogP contribution in [0.2, 0.25) is 10.0 Å². The number of amides is 3. The second-order valence-electron chi connectivity index (χ2n) is 6.31. The van der Waals surface area contributed by atoms with Crippen LogP contribution in [-0.4, -0.2) is 40.2 Å². The maximum atomic E-state index is 12.5. The van der Waals surface area contributed by atoms with Crippen LogP contribution in [-0.2, 0) is 16.0 Å². The van der Waals surface area contributed by atoms with Crippen LogP contribution in [0, 0.1) is 13.8 Å². The summed E-state index contributed by atoms with van der Waals surface area (Å²) in [4.78, 5) is 38.2. The van der Waals surface area contributed by atoms with Crippen LogP contribution in [0.4, 0.5) is 4.79 Å². The highest BCUT2D eigenvalue weighted by atomic mass is 35.5. The van der Waals surface area contributed by atoms with Crippen LogP contribution < -0.4 is 5.32 Å². The molecule has 29 heavy (non-hydrogen) atoms. The molecule has 1 N–H and O–H groups in total. The van der Waals surface area contributed by atoms with Gasteiger partial charge in [-0.25, -0.2) is 0 Å². The minimum atomic E-state index is -0.434. The molecule has 0 radical (unpaired) electrons. The molecule has 1 aliphatic rings. The van der Waals surface area contributed by atoms with E-state index in [0.717, 1.165) is 22.2 Å². The Hall–Kier alpha value is -2.29. The number of carbonyl (C=O) groups is 3. The van der Waals surface area contributed by atoms with E-state index in [2.05, 4.69) is 10.5 Å². The average Bonchev–Trinajstić information content (AvgIpc) is 3.12. The third-order valence-electron chi connectivity index (χ3n) is 4.32. The first kappa shape index (κ1) is 21.4. The van der Waals surface area contributed by atoms with Gasteiger partial charge in [0.2, 0.25) is 5.91 Å². The van der Waals surface area contributed by atoms with Crippen molar-refractivity contribution in [2.75, 3.05) is 13.1 Å². The fraction of sp³-hybridized carbons (Fsp3) is 0.263. The van der Waals surface area contributed by atoms with Gasteiger partial charge in [0.05, 0.1) is 27.1 Å². The smallest absolute Gasteiger partial charge is 0.293 e. The topological polar surface area (TPSA) is 92.5 Å². The van der Waals surface area contributed by atoms with Gasteiger partial charge in [-0.05, 0) is 43.3 Å². The van der Waals surface area contributed by atoms with E-state index in [1.54, 1.807) is 32.0 Å². The number of nitrogens with zero attached hydrogens (tertiary/aromatic N) is 2. The van der Waals surface area contributed by atoms with Crippen LogP contribution in [0.1, 0.15) is 22.6 Å². The Morgan fingerprint density at radius 3 is 2.76 bits per heavy atom. The van der Waals surface area contributed by atoms with Gasteiger partial charge in [-0.1, -0.05) is 40.5 Å². The highest BCUT2D eigenvalue weighted by Gasteiger charge is 2.34. The number of nitrogens with one attached hydrogen (secondary N) is 1. The Bertz CT molecular complexity index is 999. The number of hydrogen-bond donors (Lipinski definition) is 1. The lowest BCUT2D eigenvalue weighted by Gasteiger charge is -2.13. The first-order valence-corrected chi connectivity index (χ1v) is 10.2. The molecule has 1 aromatic carbocycles. The zero-order valence-electron chi connectivity index (χ0n) is 15.6. The third kappa shape index (κ3) is 4.83. The van der Waals surface area contributed by atoms with Gasteiger partial charge in [-0.15, -0.1) is 0 Å². The second kappa shape index (κ2) is 9.02. The summed E-state index contributed by atoms with van der Waals surface area (Å²) in [5, 5.41) is 6.78. The largest absolute Gasteiger partial charge is 0.361 e. The van der Waals surface area contributed by atoms with Gasteiger partial charge >= 0.3 is 0 Å². The molecule has 7 nitrogen and oxygen atoms in total. The van der Waals surface area contributed by atoms with Gasteiger partial charge in [-0.3, -0.25) is 19.3 Å². The molecular weight excluding hydrogens is 437 g/mol. The fourth-order valence-electron chi connectivity index (χ4n) is 2.75.